The molecule has 5 nitrogen and oxygen atoms in total. The molecular weight excluding hydrogens is 372 g/mol. The maximum atomic E-state index is 12.4. The number of aliphatic carboxylic acids is 1. The summed E-state index contributed by atoms with van der Waals surface area (Å²) in [6.45, 7) is 3.62. The maximum Gasteiger partial charge on any atom is 0.310 e. The lowest BCUT2D eigenvalue weighted by Gasteiger charge is -2.25. The first-order valence-corrected chi connectivity index (χ1v) is 10.6. The fraction of sp³-hybridized carbons (Fsp3) is 0.409. The number of carbonyl (C=O) groups excluding carboxylic acids is 1. The molecule has 3 rings (SSSR count). The molecular formula is C22H26N2O3S. The van der Waals surface area contributed by atoms with E-state index in [0.717, 1.165) is 10.6 Å². The molecule has 1 heterocycles. The lowest BCUT2D eigenvalue weighted by atomic mass is 9.79. The van der Waals surface area contributed by atoms with Gasteiger partial charge in [-0.3, -0.25) is 9.59 Å². The Hall–Kier alpha value is -2.47. The average molecular weight is 399 g/mol. The lowest BCUT2D eigenvalue weighted by Crippen LogP contribution is -2.34. The third-order valence-electron chi connectivity index (χ3n) is 5.43. The highest BCUT2D eigenvalue weighted by molar-refractivity contribution is 7.10. The predicted molar refractivity (Wildman–Crippen MR) is 113 cm³/mol. The molecule has 148 valence electrons. The van der Waals surface area contributed by atoms with E-state index < -0.39 is 11.4 Å². The minimum Gasteiger partial charge on any atom is -0.481 e. The molecule has 0 radical (unpaired) electrons. The van der Waals surface area contributed by atoms with Gasteiger partial charge in [0.15, 0.2) is 0 Å². The van der Waals surface area contributed by atoms with Gasteiger partial charge in [-0.2, -0.15) is 0 Å². The van der Waals surface area contributed by atoms with Crippen LogP contribution in [0.3, 0.4) is 0 Å². The van der Waals surface area contributed by atoms with Crippen LogP contribution < -0.4 is 5.32 Å². The van der Waals surface area contributed by atoms with Crippen molar-refractivity contribution in [1.82, 2.24) is 4.98 Å². The van der Waals surface area contributed by atoms with Gasteiger partial charge in [-0.1, -0.05) is 32.1 Å². The number of hydrogen-bond acceptors (Lipinski definition) is 4. The number of hydrogen-bond donors (Lipinski definition) is 2. The summed E-state index contributed by atoms with van der Waals surface area (Å²) in [7, 11) is 0. The van der Waals surface area contributed by atoms with Crippen molar-refractivity contribution in [3.05, 3.63) is 45.9 Å². The van der Waals surface area contributed by atoms with E-state index in [0.29, 0.717) is 24.4 Å². The van der Waals surface area contributed by atoms with Crippen molar-refractivity contribution in [1.29, 1.82) is 0 Å². The van der Waals surface area contributed by atoms with Crippen molar-refractivity contribution in [3.63, 3.8) is 0 Å². The Morgan fingerprint density at radius 3 is 2.68 bits per heavy atom. The van der Waals surface area contributed by atoms with Crippen LogP contribution in [0.2, 0.25) is 0 Å². The van der Waals surface area contributed by atoms with Crippen LogP contribution in [0, 0.1) is 5.41 Å². The number of nitrogens with zero attached hydrogens (tertiary/aromatic N) is 1. The first-order valence-electron chi connectivity index (χ1n) is 9.72. The van der Waals surface area contributed by atoms with Crippen LogP contribution >= 0.6 is 11.3 Å². The Kier molecular flexibility index (Phi) is 6.29. The number of carboxylic acids is 1. The number of anilines is 1. The summed E-state index contributed by atoms with van der Waals surface area (Å²) in [6, 6.07) is 7.52. The third-order valence-corrected chi connectivity index (χ3v) is 6.26. The molecule has 1 fully saturated rings. The fourth-order valence-electron chi connectivity index (χ4n) is 3.22. The van der Waals surface area contributed by atoms with Crippen molar-refractivity contribution < 1.29 is 14.7 Å². The predicted octanol–water partition coefficient (Wildman–Crippen LogP) is 5.41. The van der Waals surface area contributed by atoms with Crippen molar-refractivity contribution >= 4 is 41.1 Å². The minimum absolute atomic E-state index is 0.0293. The molecule has 1 amide bonds. The van der Waals surface area contributed by atoms with Crippen molar-refractivity contribution in [3.8, 4) is 0 Å². The molecule has 0 atom stereocenters. The van der Waals surface area contributed by atoms with Gasteiger partial charge in [0.25, 0.3) is 0 Å². The largest absolute Gasteiger partial charge is 0.481 e. The smallest absolute Gasteiger partial charge is 0.310 e. The zero-order chi connectivity index (χ0) is 20.1. The standard InChI is InChI=1S/C22H26N2O3S/c1-3-22(4-2,21(26)27)13-19(25)23-17-7-5-6-15(12-17)8-11-20-24-18(14-28-20)16-9-10-16/h5-8,11-12,14,16H,3-4,9-10,13H2,1-2H3,(H,23,25)(H,26,27)/b11-8+. The van der Waals surface area contributed by atoms with Gasteiger partial charge in [0.05, 0.1) is 11.1 Å². The van der Waals surface area contributed by atoms with Crippen LogP contribution in [0.15, 0.2) is 29.6 Å². The fourth-order valence-corrected chi connectivity index (χ4v) is 4.01. The van der Waals surface area contributed by atoms with Gasteiger partial charge in [-0.25, -0.2) is 4.98 Å². The monoisotopic (exact) mass is 398 g/mol. The molecule has 2 aromatic rings. The SMILES string of the molecule is CCC(CC)(CC(=O)Nc1cccc(/C=C/c2nc(C3CC3)cs2)c1)C(=O)O. The summed E-state index contributed by atoms with van der Waals surface area (Å²) in [6.07, 6.45) is 7.27. The van der Waals surface area contributed by atoms with Crippen molar-refractivity contribution in [2.24, 2.45) is 5.41 Å². The molecule has 2 N–H and O–H groups in total. The highest BCUT2D eigenvalue weighted by Gasteiger charge is 2.37. The van der Waals surface area contributed by atoms with Crippen molar-refractivity contribution in [2.75, 3.05) is 5.32 Å². The van der Waals surface area contributed by atoms with E-state index in [1.807, 2.05) is 50.3 Å². The minimum atomic E-state index is -1.01. The Labute approximate surface area is 169 Å². The average Bonchev–Trinajstić information content (AvgIpc) is 3.43. The number of nitrogens with one attached hydrogen (secondary N) is 1. The van der Waals surface area contributed by atoms with Gasteiger partial charge in [0.1, 0.15) is 5.01 Å². The van der Waals surface area contributed by atoms with E-state index in [4.69, 9.17) is 0 Å². The lowest BCUT2D eigenvalue weighted by molar-refractivity contribution is -0.151. The van der Waals surface area contributed by atoms with Gasteiger partial charge in [-0.05, 0) is 49.5 Å². The van der Waals surface area contributed by atoms with Gasteiger partial charge in [0.2, 0.25) is 5.91 Å². The Bertz CT molecular complexity index is 879. The molecule has 1 aliphatic carbocycles. The van der Waals surface area contributed by atoms with E-state index in [9.17, 15) is 14.7 Å². The first kappa shape index (κ1) is 20.3. The highest BCUT2D eigenvalue weighted by Crippen LogP contribution is 2.40. The highest BCUT2D eigenvalue weighted by atomic mass is 32.1. The van der Waals surface area contributed by atoms with Crippen LogP contribution in [0.25, 0.3) is 12.2 Å². The summed E-state index contributed by atoms with van der Waals surface area (Å²) >= 11 is 1.64. The van der Waals surface area contributed by atoms with E-state index >= 15 is 0 Å². The number of aromatic nitrogens is 1. The molecule has 0 aliphatic heterocycles. The molecule has 0 saturated heterocycles. The second-order valence-electron chi connectivity index (χ2n) is 7.36. The Balaban J connectivity index is 1.64. The molecule has 0 bridgehead atoms. The number of thiazole rings is 1. The zero-order valence-corrected chi connectivity index (χ0v) is 17.1. The number of carbonyl (C=O) groups is 2. The number of benzene rings is 1. The van der Waals surface area contributed by atoms with E-state index in [-0.39, 0.29) is 12.3 Å². The molecule has 1 aromatic carbocycles. The topological polar surface area (TPSA) is 79.3 Å². The first-order chi connectivity index (χ1) is 13.5. The van der Waals surface area contributed by atoms with Crippen LogP contribution in [0.4, 0.5) is 5.69 Å². The van der Waals surface area contributed by atoms with Gasteiger partial charge < -0.3 is 10.4 Å². The second kappa shape index (κ2) is 8.69. The summed E-state index contributed by atoms with van der Waals surface area (Å²) in [5, 5.41) is 15.5. The van der Waals surface area contributed by atoms with Gasteiger partial charge in [-0.15, -0.1) is 11.3 Å². The summed E-state index contributed by atoms with van der Waals surface area (Å²) in [5.74, 6) is -0.541. The molecule has 1 saturated carbocycles. The second-order valence-corrected chi connectivity index (χ2v) is 8.25. The molecule has 28 heavy (non-hydrogen) atoms. The van der Waals surface area contributed by atoms with E-state index in [1.54, 1.807) is 11.3 Å². The van der Waals surface area contributed by atoms with E-state index in [1.165, 1.54) is 18.5 Å². The van der Waals surface area contributed by atoms with Crippen LogP contribution in [-0.2, 0) is 9.59 Å². The van der Waals surface area contributed by atoms with Crippen molar-refractivity contribution in [2.45, 2.75) is 51.9 Å². The number of carboxylic acid groups (broad SMARTS) is 1. The van der Waals surface area contributed by atoms with Crippen LogP contribution in [0.1, 0.15) is 68.1 Å². The van der Waals surface area contributed by atoms with Gasteiger partial charge in [0, 0.05) is 23.4 Å². The molecule has 1 aliphatic rings. The number of amides is 1. The number of rotatable bonds is 9. The molecule has 6 heteroatoms. The maximum absolute atomic E-state index is 12.4. The van der Waals surface area contributed by atoms with E-state index in [2.05, 4.69) is 15.7 Å². The zero-order valence-electron chi connectivity index (χ0n) is 16.3. The Morgan fingerprint density at radius 2 is 2.04 bits per heavy atom. The molecule has 1 aromatic heterocycles. The summed E-state index contributed by atoms with van der Waals surface area (Å²) < 4.78 is 0. The van der Waals surface area contributed by atoms with Gasteiger partial charge >= 0.3 is 5.97 Å². The third kappa shape index (κ3) is 4.87. The van der Waals surface area contributed by atoms with Crippen LogP contribution in [0.5, 0.6) is 0 Å². The molecule has 0 unspecified atom stereocenters. The normalized spacial score (nSPS) is 14.4. The summed E-state index contributed by atoms with van der Waals surface area (Å²) in [5.41, 5.74) is 1.80. The Morgan fingerprint density at radius 1 is 1.29 bits per heavy atom. The summed E-state index contributed by atoms with van der Waals surface area (Å²) in [4.78, 5) is 28.7. The quantitative estimate of drug-likeness (QED) is 0.592. The van der Waals surface area contributed by atoms with Crippen LogP contribution in [-0.4, -0.2) is 22.0 Å². The molecule has 0 spiro atoms.